The van der Waals surface area contributed by atoms with E-state index in [1.807, 2.05) is 42.5 Å². The van der Waals surface area contributed by atoms with Crippen molar-refractivity contribution in [1.82, 2.24) is 0 Å². The van der Waals surface area contributed by atoms with Crippen LogP contribution in [0, 0.1) is 0 Å². The number of ether oxygens (including phenoxy) is 3. The molecule has 8 heteroatoms. The van der Waals surface area contributed by atoms with Gasteiger partial charge in [-0.3, -0.25) is 9.69 Å². The monoisotopic (exact) mass is 462 g/mol. The highest BCUT2D eigenvalue weighted by Gasteiger charge is 2.35. The van der Waals surface area contributed by atoms with E-state index in [2.05, 4.69) is 0 Å². The standard InChI is InChI=1S/C25H22N2O5S/c1-30-19-11-9-18(10-12-19)27-24(29)22(33-25(27)26-17-7-5-4-6-8-17)15-16-13-20(31-2)23(28)21(14-16)32-3/h4-15,28H,1-3H3/b22-15-,26-25-. The van der Waals surface area contributed by atoms with Crippen LogP contribution in [-0.2, 0) is 4.79 Å². The van der Waals surface area contributed by atoms with Gasteiger partial charge in [0.1, 0.15) is 5.75 Å². The Kier molecular flexibility index (Phi) is 6.55. The Morgan fingerprint density at radius 1 is 0.909 bits per heavy atom. The predicted molar refractivity (Wildman–Crippen MR) is 131 cm³/mol. The van der Waals surface area contributed by atoms with Gasteiger partial charge in [0.15, 0.2) is 16.7 Å². The van der Waals surface area contributed by atoms with Gasteiger partial charge in [-0.1, -0.05) is 18.2 Å². The maximum Gasteiger partial charge on any atom is 0.271 e. The van der Waals surface area contributed by atoms with Crippen LogP contribution in [0.25, 0.3) is 6.08 Å². The van der Waals surface area contributed by atoms with E-state index < -0.39 is 0 Å². The highest BCUT2D eigenvalue weighted by molar-refractivity contribution is 8.19. The van der Waals surface area contributed by atoms with Gasteiger partial charge in [0.05, 0.1) is 37.6 Å². The molecular formula is C25H22N2O5S. The molecule has 1 N–H and O–H groups in total. The third-order valence-electron chi connectivity index (χ3n) is 4.92. The zero-order valence-electron chi connectivity index (χ0n) is 18.3. The number of amides is 1. The minimum Gasteiger partial charge on any atom is -0.502 e. The van der Waals surface area contributed by atoms with Crippen LogP contribution in [0.5, 0.6) is 23.0 Å². The van der Waals surface area contributed by atoms with Gasteiger partial charge in [0.2, 0.25) is 5.75 Å². The molecule has 4 rings (SSSR count). The Morgan fingerprint density at radius 3 is 2.12 bits per heavy atom. The van der Waals surface area contributed by atoms with Crippen molar-refractivity contribution in [2.75, 3.05) is 26.2 Å². The third kappa shape index (κ3) is 4.65. The van der Waals surface area contributed by atoms with Gasteiger partial charge in [0.25, 0.3) is 5.91 Å². The number of phenolic OH excluding ortho intramolecular Hbond substituents is 1. The highest BCUT2D eigenvalue weighted by atomic mass is 32.2. The van der Waals surface area contributed by atoms with Gasteiger partial charge in [-0.05, 0) is 71.9 Å². The molecule has 1 aliphatic rings. The average molecular weight is 463 g/mol. The Morgan fingerprint density at radius 2 is 1.55 bits per heavy atom. The summed E-state index contributed by atoms with van der Waals surface area (Å²) in [5.41, 5.74) is 2.06. The van der Waals surface area contributed by atoms with Crippen molar-refractivity contribution in [2.45, 2.75) is 0 Å². The molecule has 1 saturated heterocycles. The highest BCUT2D eigenvalue weighted by Crippen LogP contribution is 2.41. The number of nitrogens with zero attached hydrogens (tertiary/aromatic N) is 2. The first-order valence-corrected chi connectivity index (χ1v) is 10.8. The topological polar surface area (TPSA) is 80.6 Å². The molecule has 168 valence electrons. The van der Waals surface area contributed by atoms with E-state index in [9.17, 15) is 9.90 Å². The molecular weight excluding hydrogens is 440 g/mol. The second kappa shape index (κ2) is 9.70. The maximum absolute atomic E-state index is 13.5. The lowest BCUT2D eigenvalue weighted by Gasteiger charge is -2.16. The Hall–Kier alpha value is -3.91. The number of amidine groups is 1. The summed E-state index contributed by atoms with van der Waals surface area (Å²) in [6.07, 6.45) is 1.72. The summed E-state index contributed by atoms with van der Waals surface area (Å²) in [6, 6.07) is 20.0. The average Bonchev–Trinajstić information content (AvgIpc) is 3.14. The first-order chi connectivity index (χ1) is 16.0. The van der Waals surface area contributed by atoms with Crippen LogP contribution in [0.4, 0.5) is 11.4 Å². The van der Waals surface area contributed by atoms with Crippen LogP contribution in [0.1, 0.15) is 5.56 Å². The first-order valence-electron chi connectivity index (χ1n) is 10.0. The van der Waals surface area contributed by atoms with Gasteiger partial charge < -0.3 is 19.3 Å². The number of aromatic hydroxyl groups is 1. The van der Waals surface area contributed by atoms with Crippen molar-refractivity contribution in [3.63, 3.8) is 0 Å². The quantitative estimate of drug-likeness (QED) is 0.506. The lowest BCUT2D eigenvalue weighted by molar-refractivity contribution is -0.113. The molecule has 1 aliphatic heterocycles. The summed E-state index contributed by atoms with van der Waals surface area (Å²) in [7, 11) is 4.50. The van der Waals surface area contributed by atoms with E-state index in [0.29, 0.717) is 27.1 Å². The van der Waals surface area contributed by atoms with Crippen LogP contribution >= 0.6 is 11.8 Å². The van der Waals surface area contributed by atoms with Crippen molar-refractivity contribution in [1.29, 1.82) is 0 Å². The molecule has 0 radical (unpaired) electrons. The SMILES string of the molecule is COc1ccc(N2C(=O)/C(=C/c3cc(OC)c(O)c(OC)c3)S/C2=N\c2ccccc2)cc1. The summed E-state index contributed by atoms with van der Waals surface area (Å²) in [5, 5.41) is 10.7. The molecule has 0 atom stereocenters. The Balaban J connectivity index is 1.78. The van der Waals surface area contributed by atoms with Gasteiger partial charge in [-0.15, -0.1) is 0 Å². The molecule has 0 aliphatic carbocycles. The number of aliphatic imine (C=N–C) groups is 1. The van der Waals surface area contributed by atoms with Gasteiger partial charge in [-0.2, -0.15) is 0 Å². The van der Waals surface area contributed by atoms with Crippen molar-refractivity contribution >= 4 is 40.3 Å². The summed E-state index contributed by atoms with van der Waals surface area (Å²) in [6.45, 7) is 0. The number of para-hydroxylation sites is 1. The number of thioether (sulfide) groups is 1. The number of carbonyl (C=O) groups excluding carboxylic acids is 1. The number of hydrogen-bond donors (Lipinski definition) is 1. The largest absolute Gasteiger partial charge is 0.502 e. The number of anilines is 1. The molecule has 0 saturated carbocycles. The molecule has 0 bridgehead atoms. The van der Waals surface area contributed by atoms with E-state index in [-0.39, 0.29) is 23.2 Å². The zero-order valence-corrected chi connectivity index (χ0v) is 19.1. The lowest BCUT2D eigenvalue weighted by Crippen LogP contribution is -2.28. The minimum atomic E-state index is -0.217. The minimum absolute atomic E-state index is 0.0984. The molecule has 1 amide bonds. The normalized spacial score (nSPS) is 15.8. The van der Waals surface area contributed by atoms with Crippen molar-refractivity contribution in [3.05, 3.63) is 77.2 Å². The summed E-state index contributed by atoms with van der Waals surface area (Å²) < 4.78 is 15.7. The van der Waals surface area contributed by atoms with Crippen LogP contribution in [-0.4, -0.2) is 37.5 Å². The van der Waals surface area contributed by atoms with E-state index >= 15 is 0 Å². The third-order valence-corrected chi connectivity index (χ3v) is 5.89. The fourth-order valence-electron chi connectivity index (χ4n) is 3.27. The van der Waals surface area contributed by atoms with Gasteiger partial charge >= 0.3 is 0 Å². The smallest absolute Gasteiger partial charge is 0.271 e. The number of methoxy groups -OCH3 is 3. The van der Waals surface area contributed by atoms with Crippen molar-refractivity contribution in [3.8, 4) is 23.0 Å². The fraction of sp³-hybridized carbons (Fsp3) is 0.120. The molecule has 3 aromatic carbocycles. The fourth-order valence-corrected chi connectivity index (χ4v) is 4.27. The van der Waals surface area contributed by atoms with E-state index in [0.717, 1.165) is 5.69 Å². The molecule has 0 aromatic heterocycles. The second-order valence-electron chi connectivity index (χ2n) is 6.95. The number of phenols is 1. The lowest BCUT2D eigenvalue weighted by atomic mass is 10.1. The van der Waals surface area contributed by atoms with Crippen LogP contribution < -0.4 is 19.1 Å². The maximum atomic E-state index is 13.5. The molecule has 3 aromatic rings. The van der Waals surface area contributed by atoms with E-state index in [1.165, 1.54) is 26.0 Å². The van der Waals surface area contributed by atoms with Crippen LogP contribution in [0.2, 0.25) is 0 Å². The zero-order chi connectivity index (χ0) is 23.4. The van der Waals surface area contributed by atoms with Gasteiger partial charge in [-0.25, -0.2) is 4.99 Å². The number of carbonyl (C=O) groups is 1. The molecule has 7 nitrogen and oxygen atoms in total. The first kappa shape index (κ1) is 22.3. The van der Waals surface area contributed by atoms with E-state index in [1.54, 1.807) is 42.4 Å². The van der Waals surface area contributed by atoms with E-state index in [4.69, 9.17) is 19.2 Å². The number of benzene rings is 3. The second-order valence-corrected chi connectivity index (χ2v) is 7.96. The molecule has 0 unspecified atom stereocenters. The summed E-state index contributed by atoms with van der Waals surface area (Å²) in [4.78, 5) is 20.2. The molecule has 0 spiro atoms. The number of hydrogen-bond acceptors (Lipinski definition) is 7. The molecule has 33 heavy (non-hydrogen) atoms. The van der Waals surface area contributed by atoms with Crippen LogP contribution in [0.3, 0.4) is 0 Å². The predicted octanol–water partition coefficient (Wildman–Crippen LogP) is 5.23. The van der Waals surface area contributed by atoms with Gasteiger partial charge in [0, 0.05) is 0 Å². The van der Waals surface area contributed by atoms with Crippen molar-refractivity contribution < 1.29 is 24.1 Å². The number of rotatable bonds is 6. The Bertz CT molecular complexity index is 1200. The van der Waals surface area contributed by atoms with Crippen LogP contribution in [0.15, 0.2) is 76.6 Å². The summed E-state index contributed by atoms with van der Waals surface area (Å²) >= 11 is 1.26. The molecule has 1 heterocycles. The summed E-state index contributed by atoms with van der Waals surface area (Å²) in [5.74, 6) is 0.881. The van der Waals surface area contributed by atoms with Crippen molar-refractivity contribution in [2.24, 2.45) is 4.99 Å². The molecule has 1 fully saturated rings. The Labute approximate surface area is 195 Å².